The molecule has 18 heavy (non-hydrogen) atoms. The van der Waals surface area contributed by atoms with Gasteiger partial charge in [0.2, 0.25) is 5.09 Å². The normalized spacial score (nSPS) is 12.2. The minimum Gasteiger partial charge on any atom is -0.468 e. The fourth-order valence-electron chi connectivity index (χ4n) is 1.47. The summed E-state index contributed by atoms with van der Waals surface area (Å²) in [5.74, 6) is 0.992. The smallest absolute Gasteiger partial charge is 0.276 e. The van der Waals surface area contributed by atoms with E-state index in [4.69, 9.17) is 14.6 Å². The number of hydrogen-bond donors (Lipinski definition) is 1. The van der Waals surface area contributed by atoms with Gasteiger partial charge in [0.15, 0.2) is 0 Å². The van der Waals surface area contributed by atoms with Crippen LogP contribution < -0.4 is 5.73 Å². The second-order valence-corrected chi connectivity index (χ2v) is 5.74. The van der Waals surface area contributed by atoms with Gasteiger partial charge in [-0.3, -0.25) is 0 Å². The van der Waals surface area contributed by atoms with Crippen molar-refractivity contribution in [3.63, 3.8) is 0 Å². The Morgan fingerprint density at radius 3 is 2.61 bits per heavy atom. The molecule has 0 spiro atoms. The van der Waals surface area contributed by atoms with Gasteiger partial charge < -0.3 is 14.6 Å². The lowest BCUT2D eigenvalue weighted by molar-refractivity contribution is 0.371. The maximum absolute atomic E-state index is 12.1. The molecule has 0 fully saturated rings. The molecule has 0 saturated heterocycles. The van der Waals surface area contributed by atoms with Gasteiger partial charge in [0.1, 0.15) is 11.5 Å². The Morgan fingerprint density at radius 2 is 2.06 bits per heavy atom. The first-order valence-electron chi connectivity index (χ1n) is 5.31. The Bertz CT molecular complexity index is 601. The summed E-state index contributed by atoms with van der Waals surface area (Å²) in [4.78, 5) is 0. The molecule has 0 amide bonds. The summed E-state index contributed by atoms with van der Waals surface area (Å²) in [6, 6.07) is 6.36. The van der Waals surface area contributed by atoms with Crippen molar-refractivity contribution in [2.75, 3.05) is 7.05 Å². The van der Waals surface area contributed by atoms with Crippen LogP contribution in [0.2, 0.25) is 0 Å². The topological polar surface area (TPSA) is 89.7 Å². The molecule has 6 nitrogen and oxygen atoms in total. The average Bonchev–Trinajstić information content (AvgIpc) is 2.99. The van der Waals surface area contributed by atoms with Crippen LogP contribution in [0.5, 0.6) is 0 Å². The average molecular weight is 270 g/mol. The van der Waals surface area contributed by atoms with E-state index in [1.165, 1.54) is 19.4 Å². The van der Waals surface area contributed by atoms with Crippen LogP contribution in [0.15, 0.2) is 44.5 Å². The summed E-state index contributed by atoms with van der Waals surface area (Å²) in [6.45, 7) is 0.311. The summed E-state index contributed by atoms with van der Waals surface area (Å²) in [5, 5.41) is -0.114. The predicted octanol–water partition coefficient (Wildman–Crippen LogP) is 1.15. The third-order valence-electron chi connectivity index (χ3n) is 2.46. The molecule has 0 atom stereocenters. The van der Waals surface area contributed by atoms with Crippen LogP contribution >= 0.6 is 0 Å². The molecule has 0 aliphatic heterocycles. The van der Waals surface area contributed by atoms with Crippen LogP contribution in [-0.4, -0.2) is 19.8 Å². The molecule has 2 aromatic heterocycles. The second kappa shape index (κ2) is 4.97. The van der Waals surface area contributed by atoms with E-state index in [0.29, 0.717) is 11.5 Å². The zero-order valence-corrected chi connectivity index (χ0v) is 10.7. The quantitative estimate of drug-likeness (QED) is 0.880. The number of furan rings is 2. The van der Waals surface area contributed by atoms with Crippen LogP contribution in [0.25, 0.3) is 0 Å². The van der Waals surface area contributed by atoms with Crippen LogP contribution in [0.1, 0.15) is 11.5 Å². The van der Waals surface area contributed by atoms with Crippen molar-refractivity contribution in [2.45, 2.75) is 18.2 Å². The molecule has 2 aromatic rings. The van der Waals surface area contributed by atoms with E-state index in [-0.39, 0.29) is 18.2 Å². The monoisotopic (exact) mass is 270 g/mol. The first kappa shape index (κ1) is 12.9. The highest BCUT2D eigenvalue weighted by molar-refractivity contribution is 7.88. The van der Waals surface area contributed by atoms with Crippen molar-refractivity contribution in [2.24, 2.45) is 5.73 Å². The van der Waals surface area contributed by atoms with Crippen LogP contribution in [0.3, 0.4) is 0 Å². The summed E-state index contributed by atoms with van der Waals surface area (Å²) in [6.07, 6.45) is 1.50. The molecule has 2 rings (SSSR count). The number of sulfonamides is 1. The van der Waals surface area contributed by atoms with E-state index in [0.717, 1.165) is 4.31 Å². The minimum absolute atomic E-state index is 0.114. The van der Waals surface area contributed by atoms with Crippen molar-refractivity contribution >= 4 is 10.0 Å². The second-order valence-electron chi connectivity index (χ2n) is 3.77. The van der Waals surface area contributed by atoms with Gasteiger partial charge in [-0.15, -0.1) is 0 Å². The van der Waals surface area contributed by atoms with Gasteiger partial charge in [-0.2, -0.15) is 4.31 Å². The molecule has 2 heterocycles. The molecule has 0 aliphatic carbocycles. The Hall–Kier alpha value is -1.57. The zero-order valence-electron chi connectivity index (χ0n) is 9.87. The summed E-state index contributed by atoms with van der Waals surface area (Å²) in [7, 11) is -2.19. The number of hydrogen-bond acceptors (Lipinski definition) is 5. The molecule has 7 heteroatoms. The van der Waals surface area contributed by atoms with E-state index in [1.54, 1.807) is 18.2 Å². The van der Waals surface area contributed by atoms with Gasteiger partial charge in [0, 0.05) is 7.05 Å². The lowest BCUT2D eigenvalue weighted by Crippen LogP contribution is -2.25. The third kappa shape index (κ3) is 2.47. The van der Waals surface area contributed by atoms with Crippen LogP contribution in [0, 0.1) is 0 Å². The van der Waals surface area contributed by atoms with Gasteiger partial charge >= 0.3 is 0 Å². The fraction of sp³-hybridized carbons (Fsp3) is 0.273. The molecule has 0 radical (unpaired) electrons. The maximum atomic E-state index is 12.1. The standard InChI is InChI=1S/C11H14N2O4S/c1-13(8-10-3-2-6-16-10)18(14,15)11-5-4-9(7-12)17-11/h2-6H,7-8,12H2,1H3. The van der Waals surface area contributed by atoms with Crippen LogP contribution in [-0.2, 0) is 23.1 Å². The van der Waals surface area contributed by atoms with E-state index >= 15 is 0 Å². The first-order chi connectivity index (χ1) is 8.54. The third-order valence-corrected chi connectivity index (χ3v) is 4.14. The molecule has 0 unspecified atom stereocenters. The zero-order chi connectivity index (χ0) is 13.2. The van der Waals surface area contributed by atoms with Gasteiger partial charge in [0.05, 0.1) is 19.4 Å². The Labute approximate surface area is 105 Å². The Morgan fingerprint density at radius 1 is 1.28 bits per heavy atom. The summed E-state index contributed by atoms with van der Waals surface area (Å²) >= 11 is 0. The van der Waals surface area contributed by atoms with Gasteiger partial charge in [0.25, 0.3) is 10.0 Å². The highest BCUT2D eigenvalue weighted by Crippen LogP contribution is 2.19. The SMILES string of the molecule is CN(Cc1ccco1)S(=O)(=O)c1ccc(CN)o1. The largest absolute Gasteiger partial charge is 0.468 e. The molecular weight excluding hydrogens is 256 g/mol. The Kier molecular flexibility index (Phi) is 3.55. The fourth-order valence-corrected chi connectivity index (χ4v) is 2.52. The minimum atomic E-state index is -3.65. The predicted molar refractivity (Wildman–Crippen MR) is 64.0 cm³/mol. The number of nitrogens with zero attached hydrogens (tertiary/aromatic N) is 1. The first-order valence-corrected chi connectivity index (χ1v) is 6.75. The van der Waals surface area contributed by atoms with Crippen LogP contribution in [0.4, 0.5) is 0 Å². The number of rotatable bonds is 5. The van der Waals surface area contributed by atoms with Gasteiger partial charge in [-0.1, -0.05) is 0 Å². The van der Waals surface area contributed by atoms with Crippen molar-refractivity contribution in [3.8, 4) is 0 Å². The molecule has 0 aromatic carbocycles. The van der Waals surface area contributed by atoms with Crippen molar-refractivity contribution in [3.05, 3.63) is 42.0 Å². The van der Waals surface area contributed by atoms with Crippen molar-refractivity contribution < 1.29 is 17.3 Å². The maximum Gasteiger partial charge on any atom is 0.276 e. The van der Waals surface area contributed by atoms with Gasteiger partial charge in [-0.25, -0.2) is 8.42 Å². The van der Waals surface area contributed by atoms with Crippen molar-refractivity contribution in [1.82, 2.24) is 4.31 Å². The van der Waals surface area contributed by atoms with E-state index in [1.807, 2.05) is 0 Å². The lowest BCUT2D eigenvalue weighted by atomic mass is 10.4. The van der Waals surface area contributed by atoms with E-state index in [9.17, 15) is 8.42 Å². The molecule has 2 N–H and O–H groups in total. The van der Waals surface area contributed by atoms with Crippen molar-refractivity contribution in [1.29, 1.82) is 0 Å². The Balaban J connectivity index is 2.19. The molecule has 0 bridgehead atoms. The summed E-state index contributed by atoms with van der Waals surface area (Å²) in [5.41, 5.74) is 5.38. The molecule has 0 aliphatic rings. The van der Waals surface area contributed by atoms with Gasteiger partial charge in [-0.05, 0) is 24.3 Å². The molecule has 0 saturated carbocycles. The highest BCUT2D eigenvalue weighted by atomic mass is 32.2. The van der Waals surface area contributed by atoms with E-state index < -0.39 is 10.0 Å². The van der Waals surface area contributed by atoms with E-state index in [2.05, 4.69) is 0 Å². The lowest BCUT2D eigenvalue weighted by Gasteiger charge is -2.13. The molecule has 98 valence electrons. The highest BCUT2D eigenvalue weighted by Gasteiger charge is 2.25. The summed E-state index contributed by atoms with van der Waals surface area (Å²) < 4.78 is 35.7. The number of nitrogens with two attached hydrogens (primary N) is 1. The molecular formula is C11H14N2O4S.